The third-order valence-electron chi connectivity index (χ3n) is 2.66. The van der Waals surface area contributed by atoms with Crippen LogP contribution in [0.2, 0.25) is 0 Å². The van der Waals surface area contributed by atoms with Crippen LogP contribution < -0.4 is 11.1 Å². The van der Waals surface area contributed by atoms with Crippen LogP contribution in [0.3, 0.4) is 0 Å². The smallest absolute Gasteiger partial charge is 0.317 e. The Morgan fingerprint density at radius 3 is 2.94 bits per heavy atom. The number of aryl methyl sites for hydroxylation is 1. The molecule has 0 saturated heterocycles. The number of nitrogens with one attached hydrogen (secondary N) is 1. The Labute approximate surface area is 93.6 Å². The number of nitrogens with two attached hydrogens (primary N) is 1. The second-order valence-electron chi connectivity index (χ2n) is 3.72. The molecule has 5 nitrogen and oxygen atoms in total. The summed E-state index contributed by atoms with van der Waals surface area (Å²) in [5, 5.41) is 6.99. The Balaban J connectivity index is 2.48. The monoisotopic (exact) mass is 218 g/mol. The molecule has 0 spiro atoms. The van der Waals surface area contributed by atoms with Crippen LogP contribution in [0.15, 0.2) is 19.2 Å². The van der Waals surface area contributed by atoms with E-state index in [4.69, 9.17) is 5.73 Å². The fourth-order valence-electron chi connectivity index (χ4n) is 1.93. The number of urea groups is 1. The topological polar surface area (TPSA) is 72.9 Å². The molecule has 0 unspecified atom stereocenters. The molecule has 1 aromatic rings. The van der Waals surface area contributed by atoms with E-state index in [1.807, 2.05) is 0 Å². The van der Waals surface area contributed by atoms with E-state index in [-0.39, 0.29) is 0 Å². The van der Waals surface area contributed by atoms with Crippen molar-refractivity contribution >= 4 is 17.5 Å². The molecule has 0 aromatic carbocycles. The SMILES string of the molecule is C=CC(=C)n1nc2c(c1NC(N)=O)CCC2. The van der Waals surface area contributed by atoms with Gasteiger partial charge >= 0.3 is 6.03 Å². The average molecular weight is 218 g/mol. The Hall–Kier alpha value is -2.04. The minimum atomic E-state index is -0.590. The second-order valence-corrected chi connectivity index (χ2v) is 3.72. The third kappa shape index (κ3) is 1.60. The van der Waals surface area contributed by atoms with E-state index < -0.39 is 6.03 Å². The molecule has 3 N–H and O–H groups in total. The fraction of sp³-hybridized carbons (Fsp3) is 0.273. The molecule has 0 radical (unpaired) electrons. The number of rotatable bonds is 3. The summed E-state index contributed by atoms with van der Waals surface area (Å²) in [5.74, 6) is 0.630. The predicted octanol–water partition coefficient (Wildman–Crippen LogP) is 1.52. The van der Waals surface area contributed by atoms with Crippen molar-refractivity contribution in [2.24, 2.45) is 5.73 Å². The molecule has 84 valence electrons. The molecule has 1 aromatic heterocycles. The average Bonchev–Trinajstić information content (AvgIpc) is 2.79. The largest absolute Gasteiger partial charge is 0.351 e. The first-order valence-electron chi connectivity index (χ1n) is 5.12. The lowest BCUT2D eigenvalue weighted by atomic mass is 10.2. The highest BCUT2D eigenvalue weighted by atomic mass is 16.2. The van der Waals surface area contributed by atoms with E-state index in [0.29, 0.717) is 11.5 Å². The highest BCUT2D eigenvalue weighted by molar-refractivity contribution is 5.89. The van der Waals surface area contributed by atoms with E-state index in [1.165, 1.54) is 0 Å². The zero-order valence-electron chi connectivity index (χ0n) is 8.99. The molecular formula is C11H14N4O. The van der Waals surface area contributed by atoms with Gasteiger partial charge in [-0.25, -0.2) is 9.48 Å². The minimum Gasteiger partial charge on any atom is -0.351 e. The summed E-state index contributed by atoms with van der Waals surface area (Å²) in [6.07, 6.45) is 4.50. The summed E-state index contributed by atoms with van der Waals surface area (Å²) in [6.45, 7) is 7.45. The quantitative estimate of drug-likeness (QED) is 0.755. The molecule has 0 aliphatic heterocycles. The van der Waals surface area contributed by atoms with Crippen LogP contribution in [-0.4, -0.2) is 15.8 Å². The van der Waals surface area contributed by atoms with Crippen molar-refractivity contribution in [3.63, 3.8) is 0 Å². The van der Waals surface area contributed by atoms with Gasteiger partial charge in [0.15, 0.2) is 0 Å². The highest BCUT2D eigenvalue weighted by Crippen LogP contribution is 2.30. The molecule has 0 bridgehead atoms. The number of nitrogens with zero attached hydrogens (tertiary/aromatic N) is 2. The van der Waals surface area contributed by atoms with Gasteiger partial charge in [-0.1, -0.05) is 13.2 Å². The normalized spacial score (nSPS) is 13.2. The highest BCUT2D eigenvalue weighted by Gasteiger charge is 2.23. The summed E-state index contributed by atoms with van der Waals surface area (Å²) in [6, 6.07) is -0.590. The first-order chi connectivity index (χ1) is 7.63. The number of carbonyl (C=O) groups excluding carboxylic acids is 1. The molecule has 0 saturated carbocycles. The Morgan fingerprint density at radius 2 is 2.31 bits per heavy atom. The minimum absolute atomic E-state index is 0.590. The number of amides is 2. The first-order valence-corrected chi connectivity index (χ1v) is 5.12. The molecule has 1 heterocycles. The number of anilines is 1. The third-order valence-corrected chi connectivity index (χ3v) is 2.66. The molecule has 1 aliphatic carbocycles. The van der Waals surface area contributed by atoms with E-state index in [2.05, 4.69) is 23.6 Å². The van der Waals surface area contributed by atoms with Crippen molar-refractivity contribution in [3.05, 3.63) is 30.5 Å². The number of hydrogen-bond acceptors (Lipinski definition) is 2. The second kappa shape index (κ2) is 3.84. The molecule has 1 aliphatic rings. The van der Waals surface area contributed by atoms with Gasteiger partial charge in [0, 0.05) is 5.56 Å². The van der Waals surface area contributed by atoms with Crippen molar-refractivity contribution in [1.82, 2.24) is 9.78 Å². The van der Waals surface area contributed by atoms with Gasteiger partial charge < -0.3 is 5.73 Å². The summed E-state index contributed by atoms with van der Waals surface area (Å²) in [7, 11) is 0. The molecule has 2 rings (SSSR count). The lowest BCUT2D eigenvalue weighted by molar-refractivity contribution is 0.259. The number of primary amides is 1. The van der Waals surface area contributed by atoms with Crippen molar-refractivity contribution in [1.29, 1.82) is 0 Å². The van der Waals surface area contributed by atoms with Gasteiger partial charge in [0.25, 0.3) is 0 Å². The van der Waals surface area contributed by atoms with Crippen LogP contribution in [-0.2, 0) is 12.8 Å². The van der Waals surface area contributed by atoms with E-state index in [0.717, 1.165) is 30.5 Å². The number of allylic oxidation sites excluding steroid dienone is 2. The predicted molar refractivity (Wildman–Crippen MR) is 63.0 cm³/mol. The Morgan fingerprint density at radius 1 is 1.56 bits per heavy atom. The van der Waals surface area contributed by atoms with Gasteiger partial charge in [-0.3, -0.25) is 5.32 Å². The molecule has 5 heteroatoms. The fourth-order valence-corrected chi connectivity index (χ4v) is 1.93. The molecule has 2 amide bonds. The van der Waals surface area contributed by atoms with Crippen LogP contribution in [0.5, 0.6) is 0 Å². The number of fused-ring (bicyclic) bond motifs is 1. The van der Waals surface area contributed by atoms with Crippen molar-refractivity contribution < 1.29 is 4.79 Å². The van der Waals surface area contributed by atoms with Crippen LogP contribution in [0.4, 0.5) is 10.6 Å². The van der Waals surface area contributed by atoms with Crippen molar-refractivity contribution in [2.75, 3.05) is 5.32 Å². The van der Waals surface area contributed by atoms with E-state index >= 15 is 0 Å². The van der Waals surface area contributed by atoms with Gasteiger partial charge in [0.05, 0.1) is 11.4 Å². The van der Waals surface area contributed by atoms with E-state index in [9.17, 15) is 4.79 Å². The maximum atomic E-state index is 10.9. The zero-order valence-corrected chi connectivity index (χ0v) is 8.99. The standard InChI is InChI=1S/C11H14N4O/c1-3-7(2)15-10(13-11(12)16)8-5-4-6-9(8)14-15/h3H,1-2,4-6H2,(H3,12,13,16). The van der Waals surface area contributed by atoms with Crippen LogP contribution in [0.1, 0.15) is 17.7 Å². The van der Waals surface area contributed by atoms with Crippen LogP contribution in [0, 0.1) is 0 Å². The van der Waals surface area contributed by atoms with Gasteiger partial charge in [0.2, 0.25) is 0 Å². The Kier molecular flexibility index (Phi) is 2.52. The summed E-state index contributed by atoms with van der Waals surface area (Å²) in [4.78, 5) is 10.9. The van der Waals surface area contributed by atoms with Gasteiger partial charge in [-0.15, -0.1) is 0 Å². The summed E-state index contributed by atoms with van der Waals surface area (Å²) >= 11 is 0. The molecular weight excluding hydrogens is 204 g/mol. The Bertz CT molecular complexity index is 473. The van der Waals surface area contributed by atoms with Crippen LogP contribution in [0.25, 0.3) is 5.70 Å². The molecule has 0 fully saturated rings. The van der Waals surface area contributed by atoms with Crippen molar-refractivity contribution in [2.45, 2.75) is 19.3 Å². The first kappa shape index (κ1) is 10.5. The summed E-state index contributed by atoms with van der Waals surface area (Å²) < 4.78 is 1.58. The summed E-state index contributed by atoms with van der Waals surface area (Å²) in [5.41, 5.74) is 7.83. The van der Waals surface area contributed by atoms with Gasteiger partial charge in [-0.05, 0) is 25.3 Å². The van der Waals surface area contributed by atoms with E-state index in [1.54, 1.807) is 10.8 Å². The maximum absolute atomic E-state index is 10.9. The number of hydrogen-bond donors (Lipinski definition) is 2. The van der Waals surface area contributed by atoms with Crippen molar-refractivity contribution in [3.8, 4) is 0 Å². The lowest BCUT2D eigenvalue weighted by Crippen LogP contribution is -2.22. The zero-order chi connectivity index (χ0) is 11.7. The van der Waals surface area contributed by atoms with Gasteiger partial charge in [0.1, 0.15) is 5.82 Å². The number of carbonyl (C=O) groups is 1. The lowest BCUT2D eigenvalue weighted by Gasteiger charge is -2.08. The number of aromatic nitrogens is 2. The van der Waals surface area contributed by atoms with Gasteiger partial charge in [-0.2, -0.15) is 5.10 Å². The maximum Gasteiger partial charge on any atom is 0.317 e. The molecule has 16 heavy (non-hydrogen) atoms. The molecule has 0 atom stereocenters. The van der Waals surface area contributed by atoms with Crippen LogP contribution >= 0.6 is 0 Å².